The van der Waals surface area contributed by atoms with Gasteiger partial charge in [-0.25, -0.2) is 0 Å². The van der Waals surface area contributed by atoms with E-state index >= 15 is 0 Å². The van der Waals surface area contributed by atoms with Gasteiger partial charge >= 0.3 is 5.97 Å². The number of anilines is 1. The SMILES string of the molecule is Cc1ccccc1CC(=O)O[C@@H](C)C(=O)Nc1ccccc1C#N. The predicted octanol–water partition coefficient (Wildman–Crippen LogP) is 2.98. The van der Waals surface area contributed by atoms with Crippen LogP contribution in [0.2, 0.25) is 0 Å². The maximum atomic E-state index is 12.1. The molecule has 1 amide bonds. The Morgan fingerprint density at radius 3 is 2.54 bits per heavy atom. The van der Waals surface area contributed by atoms with E-state index in [-0.39, 0.29) is 6.42 Å². The minimum atomic E-state index is -0.951. The molecule has 0 spiro atoms. The van der Waals surface area contributed by atoms with Crippen molar-refractivity contribution in [2.24, 2.45) is 0 Å². The molecule has 0 aliphatic rings. The predicted molar refractivity (Wildman–Crippen MR) is 90.2 cm³/mol. The van der Waals surface area contributed by atoms with Crippen molar-refractivity contribution in [2.45, 2.75) is 26.4 Å². The average molecular weight is 322 g/mol. The molecule has 2 aromatic rings. The number of carbonyl (C=O) groups is 2. The number of nitrogens with zero attached hydrogens (tertiary/aromatic N) is 1. The number of esters is 1. The molecular weight excluding hydrogens is 304 g/mol. The van der Waals surface area contributed by atoms with Gasteiger partial charge in [-0.15, -0.1) is 0 Å². The van der Waals surface area contributed by atoms with Gasteiger partial charge in [-0.3, -0.25) is 9.59 Å². The van der Waals surface area contributed by atoms with Crippen molar-refractivity contribution in [3.63, 3.8) is 0 Å². The summed E-state index contributed by atoms with van der Waals surface area (Å²) in [6.07, 6.45) is -0.840. The Balaban J connectivity index is 1.95. The first-order valence-electron chi connectivity index (χ1n) is 7.55. The quantitative estimate of drug-likeness (QED) is 0.858. The molecule has 122 valence electrons. The molecule has 0 fully saturated rings. The topological polar surface area (TPSA) is 79.2 Å². The summed E-state index contributed by atoms with van der Waals surface area (Å²) in [5.74, 6) is -0.948. The van der Waals surface area contributed by atoms with Gasteiger partial charge in [-0.05, 0) is 37.1 Å². The lowest BCUT2D eigenvalue weighted by molar-refractivity contribution is -0.152. The molecule has 0 aliphatic heterocycles. The Morgan fingerprint density at radius 2 is 1.83 bits per heavy atom. The van der Waals surface area contributed by atoms with Crippen LogP contribution in [0.1, 0.15) is 23.6 Å². The molecule has 24 heavy (non-hydrogen) atoms. The normalized spacial score (nSPS) is 11.2. The Morgan fingerprint density at radius 1 is 1.17 bits per heavy atom. The molecule has 0 aromatic heterocycles. The van der Waals surface area contributed by atoms with Crippen LogP contribution in [0.4, 0.5) is 5.69 Å². The van der Waals surface area contributed by atoms with Crippen LogP contribution >= 0.6 is 0 Å². The van der Waals surface area contributed by atoms with Crippen LogP contribution in [0.5, 0.6) is 0 Å². The van der Waals surface area contributed by atoms with Crippen molar-refractivity contribution in [3.8, 4) is 6.07 Å². The van der Waals surface area contributed by atoms with Crippen LogP contribution in [0.25, 0.3) is 0 Å². The number of amides is 1. The third-order valence-corrected chi connectivity index (χ3v) is 3.58. The summed E-state index contributed by atoms with van der Waals surface area (Å²) in [7, 11) is 0. The van der Waals surface area contributed by atoms with Gasteiger partial charge in [0.1, 0.15) is 6.07 Å². The zero-order valence-electron chi connectivity index (χ0n) is 13.6. The van der Waals surface area contributed by atoms with E-state index in [0.29, 0.717) is 11.3 Å². The van der Waals surface area contributed by atoms with Gasteiger partial charge in [0.25, 0.3) is 5.91 Å². The molecule has 2 rings (SSSR count). The first-order chi connectivity index (χ1) is 11.5. The van der Waals surface area contributed by atoms with Crippen molar-refractivity contribution in [2.75, 3.05) is 5.32 Å². The van der Waals surface area contributed by atoms with E-state index < -0.39 is 18.0 Å². The molecule has 0 heterocycles. The second-order valence-electron chi connectivity index (χ2n) is 5.38. The van der Waals surface area contributed by atoms with E-state index in [4.69, 9.17) is 10.00 Å². The second-order valence-corrected chi connectivity index (χ2v) is 5.38. The van der Waals surface area contributed by atoms with Gasteiger partial charge in [0.15, 0.2) is 6.10 Å². The van der Waals surface area contributed by atoms with E-state index in [9.17, 15) is 9.59 Å². The number of hydrogen-bond donors (Lipinski definition) is 1. The van der Waals surface area contributed by atoms with Gasteiger partial charge < -0.3 is 10.1 Å². The molecule has 0 bridgehead atoms. The minimum Gasteiger partial charge on any atom is -0.452 e. The Labute approximate surface area is 140 Å². The molecule has 1 atom stereocenters. The zero-order chi connectivity index (χ0) is 17.5. The highest BCUT2D eigenvalue weighted by Gasteiger charge is 2.19. The first kappa shape index (κ1) is 17.2. The monoisotopic (exact) mass is 322 g/mol. The first-order valence-corrected chi connectivity index (χ1v) is 7.55. The van der Waals surface area contributed by atoms with Crippen molar-refractivity contribution in [1.82, 2.24) is 0 Å². The van der Waals surface area contributed by atoms with Gasteiger partial charge in [-0.1, -0.05) is 36.4 Å². The molecule has 1 N–H and O–H groups in total. The number of para-hydroxylation sites is 1. The highest BCUT2D eigenvalue weighted by Crippen LogP contribution is 2.14. The second kappa shape index (κ2) is 7.93. The average Bonchev–Trinajstić information content (AvgIpc) is 2.57. The summed E-state index contributed by atoms with van der Waals surface area (Å²) in [5.41, 5.74) is 2.61. The van der Waals surface area contributed by atoms with E-state index in [0.717, 1.165) is 11.1 Å². The lowest BCUT2D eigenvalue weighted by Gasteiger charge is -2.14. The number of aryl methyl sites for hydroxylation is 1. The molecule has 0 unspecified atom stereocenters. The fraction of sp³-hybridized carbons (Fsp3) is 0.211. The maximum absolute atomic E-state index is 12.1. The number of hydrogen-bond acceptors (Lipinski definition) is 4. The van der Waals surface area contributed by atoms with E-state index in [1.54, 1.807) is 24.3 Å². The minimum absolute atomic E-state index is 0.110. The molecule has 0 saturated carbocycles. The molecule has 0 saturated heterocycles. The van der Waals surface area contributed by atoms with Crippen molar-refractivity contribution < 1.29 is 14.3 Å². The van der Waals surface area contributed by atoms with Crippen LogP contribution < -0.4 is 5.32 Å². The standard InChI is InChI=1S/C19H18N2O3/c1-13-7-3-4-8-15(13)11-18(22)24-14(2)19(23)21-17-10-6-5-9-16(17)12-20/h3-10,14H,11H2,1-2H3,(H,21,23)/t14-/m0/s1. The highest BCUT2D eigenvalue weighted by molar-refractivity contribution is 5.96. The molecular formula is C19H18N2O3. The molecule has 5 heteroatoms. The molecule has 5 nitrogen and oxygen atoms in total. The lowest BCUT2D eigenvalue weighted by atomic mass is 10.1. The van der Waals surface area contributed by atoms with E-state index in [1.165, 1.54) is 6.92 Å². The molecule has 2 aromatic carbocycles. The summed E-state index contributed by atoms with van der Waals surface area (Å²) in [4.78, 5) is 24.1. The third-order valence-electron chi connectivity index (χ3n) is 3.58. The van der Waals surface area contributed by atoms with Gasteiger partial charge in [0.05, 0.1) is 17.7 Å². The fourth-order valence-corrected chi connectivity index (χ4v) is 2.18. The highest BCUT2D eigenvalue weighted by atomic mass is 16.5. The fourth-order valence-electron chi connectivity index (χ4n) is 2.18. The van der Waals surface area contributed by atoms with Crippen LogP contribution in [-0.2, 0) is 20.7 Å². The number of nitrogens with one attached hydrogen (secondary N) is 1. The Hall–Kier alpha value is -3.13. The largest absolute Gasteiger partial charge is 0.452 e. The summed E-state index contributed by atoms with van der Waals surface area (Å²) in [5, 5.41) is 11.6. The number of carbonyl (C=O) groups excluding carboxylic acids is 2. The van der Waals surface area contributed by atoms with Gasteiger partial charge in [-0.2, -0.15) is 5.26 Å². The van der Waals surface area contributed by atoms with E-state index in [1.807, 2.05) is 37.3 Å². The number of rotatable bonds is 5. The number of benzene rings is 2. The summed E-state index contributed by atoms with van der Waals surface area (Å²) >= 11 is 0. The van der Waals surface area contributed by atoms with E-state index in [2.05, 4.69) is 5.32 Å². The maximum Gasteiger partial charge on any atom is 0.311 e. The van der Waals surface area contributed by atoms with Crippen LogP contribution in [0, 0.1) is 18.3 Å². The number of nitriles is 1. The molecule has 0 radical (unpaired) electrons. The van der Waals surface area contributed by atoms with Gasteiger partial charge in [0, 0.05) is 0 Å². The van der Waals surface area contributed by atoms with Crippen LogP contribution in [-0.4, -0.2) is 18.0 Å². The third kappa shape index (κ3) is 4.43. The number of ether oxygens (including phenoxy) is 1. The summed E-state index contributed by atoms with van der Waals surface area (Å²) in [6, 6.07) is 16.2. The van der Waals surface area contributed by atoms with Crippen LogP contribution in [0.15, 0.2) is 48.5 Å². The van der Waals surface area contributed by atoms with Gasteiger partial charge in [0.2, 0.25) is 0 Å². The lowest BCUT2D eigenvalue weighted by Crippen LogP contribution is -2.30. The summed E-state index contributed by atoms with van der Waals surface area (Å²) in [6.45, 7) is 3.41. The Kier molecular flexibility index (Phi) is 5.69. The summed E-state index contributed by atoms with van der Waals surface area (Å²) < 4.78 is 5.18. The van der Waals surface area contributed by atoms with Crippen molar-refractivity contribution in [1.29, 1.82) is 5.26 Å². The Bertz CT molecular complexity index is 793. The van der Waals surface area contributed by atoms with Crippen molar-refractivity contribution >= 4 is 17.6 Å². The van der Waals surface area contributed by atoms with Crippen molar-refractivity contribution in [3.05, 3.63) is 65.2 Å². The smallest absolute Gasteiger partial charge is 0.311 e. The zero-order valence-corrected chi connectivity index (χ0v) is 13.6. The van der Waals surface area contributed by atoms with Crippen LogP contribution in [0.3, 0.4) is 0 Å². The molecule has 0 aliphatic carbocycles.